The van der Waals surface area contributed by atoms with E-state index in [1.165, 1.54) is 0 Å². The van der Waals surface area contributed by atoms with Crippen molar-refractivity contribution in [3.8, 4) is 0 Å². The first-order valence-corrected chi connectivity index (χ1v) is 8.54. The Balaban J connectivity index is 1.80. The highest BCUT2D eigenvalue weighted by Gasteiger charge is 2.38. The molecule has 4 heteroatoms. The molecule has 3 aliphatic rings. The Bertz CT molecular complexity index is 553. The van der Waals surface area contributed by atoms with Crippen LogP contribution in [0.2, 0.25) is 0 Å². The fourth-order valence-corrected chi connectivity index (χ4v) is 3.23. The lowest BCUT2D eigenvalue weighted by Gasteiger charge is -2.40. The number of hydrogen-bond acceptors (Lipinski definition) is 4. The third-order valence-corrected chi connectivity index (χ3v) is 4.51. The van der Waals surface area contributed by atoms with Gasteiger partial charge in [-0.1, -0.05) is 43.4 Å². The molecule has 0 amide bonds. The van der Waals surface area contributed by atoms with E-state index in [-0.39, 0.29) is 12.1 Å². The fraction of sp³-hybridized carbons (Fsp3) is 0.526. The van der Waals surface area contributed by atoms with Gasteiger partial charge in [-0.25, -0.2) is 0 Å². The maximum absolute atomic E-state index is 12.6. The van der Waals surface area contributed by atoms with Gasteiger partial charge < -0.3 is 9.47 Å². The zero-order valence-corrected chi connectivity index (χ0v) is 13.7. The van der Waals surface area contributed by atoms with Crippen LogP contribution in [0.15, 0.2) is 47.8 Å². The maximum Gasteiger partial charge on any atom is 0.159 e. The number of ketones is 1. The van der Waals surface area contributed by atoms with Crippen LogP contribution in [0.25, 0.3) is 0 Å². The van der Waals surface area contributed by atoms with E-state index in [0.29, 0.717) is 25.4 Å². The fourth-order valence-electron chi connectivity index (χ4n) is 3.23. The molecule has 124 valence electrons. The van der Waals surface area contributed by atoms with Crippen LogP contribution >= 0.6 is 0 Å². The Morgan fingerprint density at radius 3 is 2.91 bits per heavy atom. The summed E-state index contributed by atoms with van der Waals surface area (Å²) in [6.07, 6.45) is 14.5. The summed E-state index contributed by atoms with van der Waals surface area (Å²) in [5.41, 5.74) is 1.02. The van der Waals surface area contributed by atoms with Crippen molar-refractivity contribution in [1.82, 2.24) is 4.90 Å². The highest BCUT2D eigenvalue weighted by Crippen LogP contribution is 2.35. The van der Waals surface area contributed by atoms with Crippen LogP contribution in [-0.4, -0.2) is 43.2 Å². The number of carbonyl (C=O) groups excluding carboxylic acids is 1. The van der Waals surface area contributed by atoms with Crippen molar-refractivity contribution in [3.63, 3.8) is 0 Å². The van der Waals surface area contributed by atoms with Crippen molar-refractivity contribution in [2.24, 2.45) is 5.92 Å². The molecule has 0 radical (unpaired) electrons. The molecule has 0 aromatic heterocycles. The lowest BCUT2D eigenvalue weighted by Crippen LogP contribution is -2.49. The van der Waals surface area contributed by atoms with E-state index in [1.54, 1.807) is 0 Å². The Hall–Kier alpha value is -1.65. The number of Topliss-reactive ketones (excluding diaryl/α,β-unsaturated/α-hetero) is 1. The smallest absolute Gasteiger partial charge is 0.159 e. The number of hydrogen-bond donors (Lipinski definition) is 0. The normalized spacial score (nSPS) is 29.3. The highest BCUT2D eigenvalue weighted by molar-refractivity contribution is 5.85. The lowest BCUT2D eigenvalue weighted by molar-refractivity contribution is -0.143. The Labute approximate surface area is 138 Å². The summed E-state index contributed by atoms with van der Waals surface area (Å²) in [4.78, 5) is 14.8. The number of rotatable bonds is 4. The second-order valence-electron chi connectivity index (χ2n) is 6.10. The molecule has 0 saturated carbocycles. The van der Waals surface area contributed by atoms with E-state index in [4.69, 9.17) is 9.47 Å². The van der Waals surface area contributed by atoms with E-state index < -0.39 is 0 Å². The molecular weight excluding hydrogens is 290 g/mol. The van der Waals surface area contributed by atoms with Crippen molar-refractivity contribution in [1.29, 1.82) is 0 Å². The average molecular weight is 315 g/mol. The Morgan fingerprint density at radius 1 is 1.30 bits per heavy atom. The number of nitrogens with zero attached hydrogens (tertiary/aromatic N) is 1. The summed E-state index contributed by atoms with van der Waals surface area (Å²) in [7, 11) is 0. The number of allylic oxidation sites excluding steroid dienone is 8. The van der Waals surface area contributed by atoms with Gasteiger partial charge in [-0.2, -0.15) is 0 Å². The van der Waals surface area contributed by atoms with Crippen LogP contribution in [0.1, 0.15) is 26.2 Å². The molecule has 2 saturated heterocycles. The van der Waals surface area contributed by atoms with Gasteiger partial charge in [-0.3, -0.25) is 9.69 Å². The van der Waals surface area contributed by atoms with Crippen LogP contribution in [0.4, 0.5) is 0 Å². The largest absolute Gasteiger partial charge is 0.478 e. The van der Waals surface area contributed by atoms with Crippen LogP contribution in [0.5, 0.6) is 0 Å². The average Bonchev–Trinajstić information content (AvgIpc) is 2.60. The molecule has 4 nitrogen and oxygen atoms in total. The molecule has 0 bridgehead atoms. The standard InChI is InChI=1S/C19H25NO3/c1-2-3-4-5-7-15-8-6-9-16-17(21)14-18(23-19(15)16)20-10-12-22-13-11-20/h3-8,16,18H,2,9-14H2,1H3/b4-3-,7-5+. The summed E-state index contributed by atoms with van der Waals surface area (Å²) in [5.74, 6) is 1.04. The number of ether oxygens (including phenoxy) is 2. The molecular formula is C19H25NO3. The van der Waals surface area contributed by atoms with Gasteiger partial charge in [0.2, 0.25) is 0 Å². The predicted molar refractivity (Wildman–Crippen MR) is 89.7 cm³/mol. The predicted octanol–water partition coefficient (Wildman–Crippen LogP) is 2.99. The van der Waals surface area contributed by atoms with Gasteiger partial charge in [0, 0.05) is 18.7 Å². The molecule has 2 atom stereocenters. The van der Waals surface area contributed by atoms with Crippen LogP contribution in [-0.2, 0) is 14.3 Å². The maximum atomic E-state index is 12.6. The number of fused-ring (bicyclic) bond motifs is 1. The number of morpholine rings is 1. The van der Waals surface area contributed by atoms with E-state index in [0.717, 1.165) is 37.3 Å². The first-order chi connectivity index (χ1) is 11.3. The first kappa shape index (κ1) is 16.2. The highest BCUT2D eigenvalue weighted by atomic mass is 16.5. The van der Waals surface area contributed by atoms with Gasteiger partial charge >= 0.3 is 0 Å². The first-order valence-electron chi connectivity index (χ1n) is 8.54. The summed E-state index contributed by atoms with van der Waals surface area (Å²) in [6, 6.07) is 0. The second-order valence-corrected chi connectivity index (χ2v) is 6.10. The molecule has 0 N–H and O–H groups in total. The quantitative estimate of drug-likeness (QED) is 0.748. The number of carbonyl (C=O) groups is 1. The summed E-state index contributed by atoms with van der Waals surface area (Å²) < 4.78 is 11.7. The molecule has 3 rings (SSSR count). The van der Waals surface area contributed by atoms with Crippen LogP contribution < -0.4 is 0 Å². The van der Waals surface area contributed by atoms with E-state index >= 15 is 0 Å². The zero-order chi connectivity index (χ0) is 16.1. The second kappa shape index (κ2) is 7.75. The minimum Gasteiger partial charge on any atom is -0.478 e. The third kappa shape index (κ3) is 3.82. The molecule has 2 heterocycles. The Morgan fingerprint density at radius 2 is 2.13 bits per heavy atom. The van der Waals surface area contributed by atoms with Gasteiger partial charge in [-0.05, 0) is 12.8 Å². The van der Waals surface area contributed by atoms with Gasteiger partial charge in [0.25, 0.3) is 0 Å². The zero-order valence-electron chi connectivity index (χ0n) is 13.7. The van der Waals surface area contributed by atoms with Crippen molar-refractivity contribution in [2.75, 3.05) is 26.3 Å². The molecule has 2 aliphatic heterocycles. The molecule has 0 aromatic carbocycles. The van der Waals surface area contributed by atoms with Crippen molar-refractivity contribution >= 4 is 5.78 Å². The molecule has 0 spiro atoms. The van der Waals surface area contributed by atoms with Gasteiger partial charge in [0.15, 0.2) is 6.23 Å². The van der Waals surface area contributed by atoms with Gasteiger partial charge in [0.1, 0.15) is 11.5 Å². The summed E-state index contributed by atoms with van der Waals surface area (Å²) in [6.45, 7) is 5.20. The third-order valence-electron chi connectivity index (χ3n) is 4.51. The topological polar surface area (TPSA) is 38.8 Å². The van der Waals surface area contributed by atoms with E-state index in [1.807, 2.05) is 18.2 Å². The Kier molecular flexibility index (Phi) is 5.47. The lowest BCUT2D eigenvalue weighted by atomic mass is 9.86. The van der Waals surface area contributed by atoms with Crippen LogP contribution in [0, 0.1) is 5.92 Å². The molecule has 23 heavy (non-hydrogen) atoms. The van der Waals surface area contributed by atoms with Crippen molar-refractivity contribution in [3.05, 3.63) is 47.8 Å². The summed E-state index contributed by atoms with van der Waals surface area (Å²) >= 11 is 0. The minimum absolute atomic E-state index is 0.105. The van der Waals surface area contributed by atoms with Crippen LogP contribution in [0.3, 0.4) is 0 Å². The van der Waals surface area contributed by atoms with Gasteiger partial charge in [0.05, 0.1) is 25.6 Å². The molecule has 2 fully saturated rings. The molecule has 0 aromatic rings. The van der Waals surface area contributed by atoms with Crippen molar-refractivity contribution < 1.29 is 14.3 Å². The molecule has 2 unspecified atom stereocenters. The van der Waals surface area contributed by atoms with E-state index in [9.17, 15) is 4.79 Å². The van der Waals surface area contributed by atoms with Crippen molar-refractivity contribution in [2.45, 2.75) is 32.4 Å². The SMILES string of the molecule is CC/C=C\C=C\C1=C2OC(N3CCOCC3)CC(=O)C2CC=C1. The van der Waals surface area contributed by atoms with E-state index in [2.05, 4.69) is 30.1 Å². The summed E-state index contributed by atoms with van der Waals surface area (Å²) in [5, 5.41) is 0. The molecule has 1 aliphatic carbocycles. The monoisotopic (exact) mass is 315 g/mol. The minimum atomic E-state index is -0.140. The van der Waals surface area contributed by atoms with Gasteiger partial charge in [-0.15, -0.1) is 0 Å².